The molecule has 0 fully saturated rings. The minimum absolute atomic E-state index is 0.439. The highest BCUT2D eigenvalue weighted by atomic mass is 15.0. The van der Waals surface area contributed by atoms with Crippen LogP contribution in [0.4, 0.5) is 0 Å². The van der Waals surface area contributed by atoms with Gasteiger partial charge in [-0.25, -0.2) is 0 Å². The highest BCUT2D eigenvalue weighted by molar-refractivity contribution is 5.29. The van der Waals surface area contributed by atoms with Crippen LogP contribution in [0, 0.1) is 13.8 Å². The molecule has 0 spiro atoms. The minimum Gasteiger partial charge on any atom is -0.346 e. The first-order valence-corrected chi connectivity index (χ1v) is 5.34. The Labute approximate surface area is 87.3 Å². The van der Waals surface area contributed by atoms with Gasteiger partial charge in [0.2, 0.25) is 0 Å². The van der Waals surface area contributed by atoms with Gasteiger partial charge in [-0.15, -0.1) is 0 Å². The van der Waals surface area contributed by atoms with Crippen LogP contribution in [0.15, 0.2) is 6.07 Å². The summed E-state index contributed by atoms with van der Waals surface area (Å²) in [7, 11) is 2.01. The van der Waals surface area contributed by atoms with Crippen LogP contribution in [0.3, 0.4) is 0 Å². The fourth-order valence-electron chi connectivity index (χ4n) is 2.19. The highest BCUT2D eigenvalue weighted by Crippen LogP contribution is 2.24. The number of nitrogens with one attached hydrogen (secondary N) is 1. The number of hydrogen-bond donors (Lipinski definition) is 1. The van der Waals surface area contributed by atoms with E-state index in [1.54, 1.807) is 0 Å². The van der Waals surface area contributed by atoms with Crippen LogP contribution in [0.25, 0.3) is 0 Å². The van der Waals surface area contributed by atoms with Crippen LogP contribution in [-0.4, -0.2) is 11.6 Å². The molecule has 0 aliphatic rings. The molecule has 1 heterocycles. The number of rotatable bonds is 3. The molecule has 80 valence electrons. The monoisotopic (exact) mass is 194 g/mol. The van der Waals surface area contributed by atoms with Crippen molar-refractivity contribution in [3.8, 4) is 0 Å². The third-order valence-electron chi connectivity index (χ3n) is 2.94. The quantitative estimate of drug-likeness (QED) is 0.782. The molecule has 1 aromatic heterocycles. The summed E-state index contributed by atoms with van der Waals surface area (Å²) in [5.74, 6) is 0. The Morgan fingerprint density at radius 1 is 1.21 bits per heavy atom. The zero-order valence-corrected chi connectivity index (χ0v) is 10.2. The topological polar surface area (TPSA) is 17.0 Å². The molecule has 0 aliphatic carbocycles. The van der Waals surface area contributed by atoms with E-state index in [1.807, 2.05) is 7.05 Å². The van der Waals surface area contributed by atoms with E-state index in [9.17, 15) is 0 Å². The van der Waals surface area contributed by atoms with E-state index in [1.165, 1.54) is 17.0 Å². The largest absolute Gasteiger partial charge is 0.346 e. The molecule has 0 radical (unpaired) electrons. The molecule has 0 saturated heterocycles. The lowest BCUT2D eigenvalue weighted by atomic mass is 10.1. The SMILES string of the molecule is CNC(C)c1cc(C)n(C(C)C)c1C. The van der Waals surface area contributed by atoms with Crippen molar-refractivity contribution in [3.63, 3.8) is 0 Å². The van der Waals surface area contributed by atoms with Crippen LogP contribution in [-0.2, 0) is 0 Å². The molecule has 0 saturated carbocycles. The van der Waals surface area contributed by atoms with Gasteiger partial charge >= 0.3 is 0 Å². The molecule has 0 amide bonds. The van der Waals surface area contributed by atoms with Gasteiger partial charge in [0.1, 0.15) is 0 Å². The second kappa shape index (κ2) is 4.18. The average Bonchev–Trinajstić information content (AvgIpc) is 2.40. The first-order valence-electron chi connectivity index (χ1n) is 5.34. The number of hydrogen-bond acceptors (Lipinski definition) is 1. The third-order valence-corrected chi connectivity index (χ3v) is 2.94. The van der Waals surface area contributed by atoms with Gasteiger partial charge in [0.15, 0.2) is 0 Å². The van der Waals surface area contributed by atoms with Crippen LogP contribution >= 0.6 is 0 Å². The zero-order valence-electron chi connectivity index (χ0n) is 10.2. The van der Waals surface area contributed by atoms with Gasteiger partial charge in [0.25, 0.3) is 0 Å². The van der Waals surface area contributed by atoms with Gasteiger partial charge < -0.3 is 9.88 Å². The van der Waals surface area contributed by atoms with Gasteiger partial charge in [-0.1, -0.05) is 0 Å². The van der Waals surface area contributed by atoms with E-state index in [0.29, 0.717) is 12.1 Å². The maximum atomic E-state index is 3.29. The minimum atomic E-state index is 0.439. The summed E-state index contributed by atoms with van der Waals surface area (Å²) in [4.78, 5) is 0. The summed E-state index contributed by atoms with van der Waals surface area (Å²) in [5.41, 5.74) is 4.16. The van der Waals surface area contributed by atoms with Crippen LogP contribution in [0.1, 0.15) is 49.8 Å². The molecular weight excluding hydrogens is 172 g/mol. The smallest absolute Gasteiger partial charge is 0.0306 e. The second-order valence-corrected chi connectivity index (χ2v) is 4.30. The number of aryl methyl sites for hydroxylation is 1. The molecule has 14 heavy (non-hydrogen) atoms. The Bertz CT molecular complexity index is 310. The van der Waals surface area contributed by atoms with Gasteiger partial charge in [0, 0.05) is 23.5 Å². The van der Waals surface area contributed by atoms with Crippen molar-refractivity contribution in [1.29, 1.82) is 0 Å². The average molecular weight is 194 g/mol. The predicted molar refractivity (Wildman–Crippen MR) is 61.8 cm³/mol. The van der Waals surface area contributed by atoms with E-state index < -0.39 is 0 Å². The van der Waals surface area contributed by atoms with Gasteiger partial charge in [-0.05, 0) is 53.3 Å². The Morgan fingerprint density at radius 3 is 2.14 bits per heavy atom. The summed E-state index contributed by atoms with van der Waals surface area (Å²) >= 11 is 0. The Hall–Kier alpha value is -0.760. The summed E-state index contributed by atoms with van der Waals surface area (Å²) in [6.07, 6.45) is 0. The normalized spacial score (nSPS) is 13.6. The lowest BCUT2D eigenvalue weighted by molar-refractivity contribution is 0.566. The zero-order chi connectivity index (χ0) is 10.9. The maximum absolute atomic E-state index is 3.29. The van der Waals surface area contributed by atoms with Gasteiger partial charge in [-0.2, -0.15) is 0 Å². The van der Waals surface area contributed by atoms with Crippen molar-refractivity contribution in [2.45, 2.75) is 46.7 Å². The summed E-state index contributed by atoms with van der Waals surface area (Å²) in [6.45, 7) is 11.0. The second-order valence-electron chi connectivity index (χ2n) is 4.30. The molecule has 1 atom stereocenters. The summed E-state index contributed by atoms with van der Waals surface area (Å²) in [5, 5.41) is 3.29. The standard InChI is InChI=1S/C12H22N2/c1-8(2)14-9(3)7-12(11(14)5)10(4)13-6/h7-8,10,13H,1-6H3. The van der Waals surface area contributed by atoms with Crippen LogP contribution in [0.5, 0.6) is 0 Å². The van der Waals surface area contributed by atoms with Crippen molar-refractivity contribution < 1.29 is 0 Å². The first-order chi connectivity index (χ1) is 6.49. The van der Waals surface area contributed by atoms with Gasteiger partial charge in [0.05, 0.1) is 0 Å². The highest BCUT2D eigenvalue weighted by Gasteiger charge is 2.14. The summed E-state index contributed by atoms with van der Waals surface area (Å²) in [6, 6.07) is 3.28. The predicted octanol–water partition coefficient (Wildman–Crippen LogP) is 2.97. The van der Waals surface area contributed by atoms with Crippen molar-refractivity contribution in [3.05, 3.63) is 23.0 Å². The molecule has 1 unspecified atom stereocenters. The molecule has 2 heteroatoms. The molecule has 0 bridgehead atoms. The molecular formula is C12H22N2. The van der Waals surface area contributed by atoms with Crippen molar-refractivity contribution in [2.75, 3.05) is 7.05 Å². The van der Waals surface area contributed by atoms with Crippen LogP contribution < -0.4 is 5.32 Å². The molecule has 1 rings (SSSR count). The van der Waals surface area contributed by atoms with E-state index in [2.05, 4.69) is 50.6 Å². The molecule has 1 N–H and O–H groups in total. The maximum Gasteiger partial charge on any atom is 0.0306 e. The van der Waals surface area contributed by atoms with Crippen molar-refractivity contribution >= 4 is 0 Å². The van der Waals surface area contributed by atoms with E-state index in [0.717, 1.165) is 0 Å². The molecule has 0 aliphatic heterocycles. The van der Waals surface area contributed by atoms with Crippen molar-refractivity contribution in [1.82, 2.24) is 9.88 Å². The Kier molecular flexibility index (Phi) is 3.38. The third kappa shape index (κ3) is 1.85. The Morgan fingerprint density at radius 2 is 1.79 bits per heavy atom. The lowest BCUT2D eigenvalue weighted by Crippen LogP contribution is -2.13. The first kappa shape index (κ1) is 11.3. The lowest BCUT2D eigenvalue weighted by Gasteiger charge is -2.15. The van der Waals surface area contributed by atoms with Gasteiger partial charge in [-0.3, -0.25) is 0 Å². The fourth-order valence-corrected chi connectivity index (χ4v) is 2.19. The summed E-state index contributed by atoms with van der Waals surface area (Å²) < 4.78 is 2.39. The molecule has 2 nitrogen and oxygen atoms in total. The number of aromatic nitrogens is 1. The fraction of sp³-hybridized carbons (Fsp3) is 0.667. The van der Waals surface area contributed by atoms with E-state index in [4.69, 9.17) is 0 Å². The van der Waals surface area contributed by atoms with E-state index in [-0.39, 0.29) is 0 Å². The molecule has 0 aromatic carbocycles. The van der Waals surface area contributed by atoms with Crippen LogP contribution in [0.2, 0.25) is 0 Å². The Balaban J connectivity index is 3.16. The van der Waals surface area contributed by atoms with Crippen molar-refractivity contribution in [2.24, 2.45) is 0 Å². The number of nitrogens with zero attached hydrogens (tertiary/aromatic N) is 1. The molecule has 1 aromatic rings. The van der Waals surface area contributed by atoms with E-state index >= 15 is 0 Å².